The van der Waals surface area contributed by atoms with Crippen LogP contribution in [0.3, 0.4) is 0 Å². The predicted molar refractivity (Wildman–Crippen MR) is 99.8 cm³/mol. The zero-order valence-electron chi connectivity index (χ0n) is 15.2. The van der Waals surface area contributed by atoms with Gasteiger partial charge in [-0.25, -0.2) is 8.42 Å². The molecule has 1 unspecified atom stereocenters. The molecule has 0 aliphatic heterocycles. The number of nitrogens with zero attached hydrogens (tertiary/aromatic N) is 1. The number of hydrogen-bond acceptors (Lipinski definition) is 5. The highest BCUT2D eigenvalue weighted by Crippen LogP contribution is 2.26. The first-order valence-corrected chi connectivity index (χ1v) is 9.65. The van der Waals surface area contributed by atoms with Gasteiger partial charge in [0, 0.05) is 18.3 Å². The Labute approximate surface area is 153 Å². The summed E-state index contributed by atoms with van der Waals surface area (Å²) in [5.74, 6) is 0.116. The Morgan fingerprint density at radius 2 is 1.85 bits per heavy atom. The number of nitrogens with one attached hydrogen (secondary N) is 2. The number of sulfonamides is 1. The van der Waals surface area contributed by atoms with Gasteiger partial charge in [0.25, 0.3) is 15.9 Å². The van der Waals surface area contributed by atoms with Crippen molar-refractivity contribution in [3.8, 4) is 5.75 Å². The summed E-state index contributed by atoms with van der Waals surface area (Å²) >= 11 is 0. The molecule has 1 heterocycles. The number of benzene rings is 1. The SMILES string of the molecule is COc1ccncc1NS(=O)(=O)c1ccccc1C(=O)NC(C)C(C)C. The third kappa shape index (κ3) is 4.51. The number of methoxy groups -OCH3 is 1. The second-order valence-corrected chi connectivity index (χ2v) is 7.83. The van der Waals surface area contributed by atoms with Crippen molar-refractivity contribution < 1.29 is 17.9 Å². The van der Waals surface area contributed by atoms with Crippen LogP contribution in [0.4, 0.5) is 5.69 Å². The van der Waals surface area contributed by atoms with Crippen LogP contribution < -0.4 is 14.8 Å². The maximum atomic E-state index is 12.8. The number of rotatable bonds is 7. The summed E-state index contributed by atoms with van der Waals surface area (Å²) in [7, 11) is -2.58. The van der Waals surface area contributed by atoms with Gasteiger partial charge >= 0.3 is 0 Å². The third-order valence-corrected chi connectivity index (χ3v) is 5.45. The van der Waals surface area contributed by atoms with Gasteiger partial charge in [0.1, 0.15) is 16.3 Å². The lowest BCUT2D eigenvalue weighted by atomic mass is 10.1. The van der Waals surface area contributed by atoms with E-state index in [-0.39, 0.29) is 28.1 Å². The second-order valence-electron chi connectivity index (χ2n) is 6.18. The highest BCUT2D eigenvalue weighted by molar-refractivity contribution is 7.92. The molecule has 0 aliphatic carbocycles. The van der Waals surface area contributed by atoms with E-state index in [9.17, 15) is 13.2 Å². The molecule has 8 heteroatoms. The molecule has 0 saturated carbocycles. The van der Waals surface area contributed by atoms with Crippen molar-refractivity contribution in [3.05, 3.63) is 48.3 Å². The fourth-order valence-corrected chi connectivity index (χ4v) is 3.44. The quantitative estimate of drug-likeness (QED) is 0.773. The molecule has 0 fully saturated rings. The van der Waals surface area contributed by atoms with Gasteiger partial charge in [0.05, 0.1) is 18.9 Å². The molecular weight excluding hydrogens is 354 g/mol. The second kappa shape index (κ2) is 8.18. The maximum absolute atomic E-state index is 12.8. The van der Waals surface area contributed by atoms with Crippen LogP contribution in [0, 0.1) is 5.92 Å². The van der Waals surface area contributed by atoms with E-state index in [1.165, 1.54) is 31.6 Å². The van der Waals surface area contributed by atoms with E-state index < -0.39 is 15.9 Å². The summed E-state index contributed by atoms with van der Waals surface area (Å²) in [6.45, 7) is 5.83. The van der Waals surface area contributed by atoms with Gasteiger partial charge in [-0.2, -0.15) is 0 Å². The number of anilines is 1. The van der Waals surface area contributed by atoms with E-state index in [1.807, 2.05) is 20.8 Å². The normalized spacial score (nSPS) is 12.5. The monoisotopic (exact) mass is 377 g/mol. The van der Waals surface area contributed by atoms with Crippen molar-refractivity contribution in [1.82, 2.24) is 10.3 Å². The van der Waals surface area contributed by atoms with Crippen LogP contribution >= 0.6 is 0 Å². The molecule has 1 aromatic heterocycles. The molecule has 0 bridgehead atoms. The topological polar surface area (TPSA) is 97.4 Å². The molecule has 1 aromatic carbocycles. The molecule has 2 N–H and O–H groups in total. The number of amides is 1. The van der Waals surface area contributed by atoms with Crippen molar-refractivity contribution in [2.45, 2.75) is 31.7 Å². The highest BCUT2D eigenvalue weighted by atomic mass is 32.2. The summed E-state index contributed by atoms with van der Waals surface area (Å²) in [5.41, 5.74) is 0.274. The van der Waals surface area contributed by atoms with Gasteiger partial charge in [-0.15, -0.1) is 0 Å². The van der Waals surface area contributed by atoms with Gasteiger partial charge in [0.2, 0.25) is 0 Å². The predicted octanol–water partition coefficient (Wildman–Crippen LogP) is 2.67. The Bertz CT molecular complexity index is 882. The minimum absolute atomic E-state index is 0.0790. The lowest BCUT2D eigenvalue weighted by molar-refractivity contribution is 0.0927. The average Bonchev–Trinajstić information content (AvgIpc) is 2.61. The zero-order chi connectivity index (χ0) is 19.3. The molecule has 0 spiro atoms. The Kier molecular flexibility index (Phi) is 6.20. The van der Waals surface area contributed by atoms with Gasteiger partial charge in [-0.1, -0.05) is 26.0 Å². The summed E-state index contributed by atoms with van der Waals surface area (Å²) in [5, 5.41) is 2.83. The summed E-state index contributed by atoms with van der Waals surface area (Å²) in [4.78, 5) is 16.4. The largest absolute Gasteiger partial charge is 0.494 e. The summed E-state index contributed by atoms with van der Waals surface area (Å²) < 4.78 is 33.2. The van der Waals surface area contributed by atoms with Gasteiger partial charge in [0.15, 0.2) is 0 Å². The van der Waals surface area contributed by atoms with E-state index in [0.717, 1.165) is 0 Å². The average molecular weight is 377 g/mol. The minimum atomic E-state index is -4.01. The molecule has 0 radical (unpaired) electrons. The number of ether oxygens (including phenoxy) is 1. The number of aromatic nitrogens is 1. The number of hydrogen-bond donors (Lipinski definition) is 2. The first-order chi connectivity index (χ1) is 12.3. The van der Waals surface area contributed by atoms with E-state index in [1.54, 1.807) is 18.2 Å². The van der Waals surface area contributed by atoms with Crippen LogP contribution in [0.2, 0.25) is 0 Å². The lowest BCUT2D eigenvalue weighted by Gasteiger charge is -2.19. The summed E-state index contributed by atoms with van der Waals surface area (Å²) in [6.07, 6.45) is 2.84. The first-order valence-electron chi connectivity index (χ1n) is 8.17. The molecule has 1 atom stereocenters. The van der Waals surface area contributed by atoms with Crippen LogP contribution in [0.25, 0.3) is 0 Å². The fraction of sp³-hybridized carbons (Fsp3) is 0.333. The lowest BCUT2D eigenvalue weighted by Crippen LogP contribution is -2.37. The highest BCUT2D eigenvalue weighted by Gasteiger charge is 2.24. The van der Waals surface area contributed by atoms with E-state index >= 15 is 0 Å². The Morgan fingerprint density at radius 1 is 1.15 bits per heavy atom. The third-order valence-electron chi connectivity index (χ3n) is 4.03. The molecule has 1 amide bonds. The van der Waals surface area contributed by atoms with Crippen molar-refractivity contribution >= 4 is 21.6 Å². The summed E-state index contributed by atoms with van der Waals surface area (Å²) in [6, 6.07) is 7.51. The van der Waals surface area contributed by atoms with Gasteiger partial charge < -0.3 is 10.1 Å². The smallest absolute Gasteiger partial charge is 0.262 e. The van der Waals surface area contributed by atoms with Crippen LogP contribution in [0.15, 0.2) is 47.6 Å². The van der Waals surface area contributed by atoms with Crippen LogP contribution in [0.1, 0.15) is 31.1 Å². The van der Waals surface area contributed by atoms with E-state index in [4.69, 9.17) is 4.74 Å². The molecule has 0 aliphatic rings. The van der Waals surface area contributed by atoms with Crippen LogP contribution in [-0.4, -0.2) is 32.5 Å². The fourth-order valence-electron chi connectivity index (χ4n) is 2.18. The first kappa shape index (κ1) is 19.7. The van der Waals surface area contributed by atoms with Crippen molar-refractivity contribution in [2.75, 3.05) is 11.8 Å². The Hall–Kier alpha value is -2.61. The Balaban J connectivity index is 2.37. The number of carbonyl (C=O) groups excluding carboxylic acids is 1. The zero-order valence-corrected chi connectivity index (χ0v) is 16.0. The van der Waals surface area contributed by atoms with Gasteiger partial charge in [-0.05, 0) is 25.0 Å². The molecular formula is C18H23N3O4S. The molecule has 26 heavy (non-hydrogen) atoms. The number of pyridine rings is 1. The van der Waals surface area contributed by atoms with Crippen molar-refractivity contribution in [2.24, 2.45) is 5.92 Å². The standard InChI is InChI=1S/C18H23N3O4S/c1-12(2)13(3)20-18(22)14-7-5-6-8-17(14)26(23,24)21-15-11-19-10-9-16(15)25-4/h5-13,21H,1-4H3,(H,20,22). The van der Waals surface area contributed by atoms with E-state index in [2.05, 4.69) is 15.0 Å². The molecule has 2 aromatic rings. The Morgan fingerprint density at radius 3 is 2.50 bits per heavy atom. The van der Waals surface area contributed by atoms with Crippen LogP contribution in [0.5, 0.6) is 5.75 Å². The molecule has 7 nitrogen and oxygen atoms in total. The van der Waals surface area contributed by atoms with Crippen LogP contribution in [-0.2, 0) is 10.0 Å². The van der Waals surface area contributed by atoms with E-state index in [0.29, 0.717) is 5.75 Å². The van der Waals surface area contributed by atoms with Gasteiger partial charge in [-0.3, -0.25) is 14.5 Å². The maximum Gasteiger partial charge on any atom is 0.262 e. The minimum Gasteiger partial charge on any atom is -0.494 e. The van der Waals surface area contributed by atoms with Crippen molar-refractivity contribution in [1.29, 1.82) is 0 Å². The molecule has 0 saturated heterocycles. The molecule has 2 rings (SSSR count). The molecule has 140 valence electrons. The number of carbonyl (C=O) groups is 1. The van der Waals surface area contributed by atoms with Crippen molar-refractivity contribution in [3.63, 3.8) is 0 Å².